The van der Waals surface area contributed by atoms with Gasteiger partial charge < -0.3 is 22.1 Å². The first kappa shape index (κ1) is 16.4. The molecule has 0 saturated heterocycles. The molecule has 0 aliphatic rings. The van der Waals surface area contributed by atoms with Gasteiger partial charge in [-0.15, -0.1) is 0 Å². The van der Waals surface area contributed by atoms with Crippen LogP contribution in [0.4, 0.5) is 0 Å². The molecule has 0 rings (SSSR count). The molecule has 4 nitrogen and oxygen atoms in total. The van der Waals surface area contributed by atoms with E-state index in [0.29, 0.717) is 0 Å². The number of rotatable bonds is 0. The van der Waals surface area contributed by atoms with Gasteiger partial charge in [0.2, 0.25) is 0 Å². The zero-order valence-corrected chi connectivity index (χ0v) is 10.1. The molecule has 7 heteroatoms. The average Bonchev–Trinajstić information content (AvgIpc) is 0.722. The molecular formula is H3CaO4PSr. The first-order valence-corrected chi connectivity index (χ1v) is 2.24. The molecule has 0 saturated carbocycles. The van der Waals surface area contributed by atoms with Gasteiger partial charge >= 0.3 is 83.2 Å². The molecule has 0 heterocycles. The first-order chi connectivity index (χ1) is 2.00. The molecule has 0 bridgehead atoms. The van der Waals surface area contributed by atoms with E-state index in [2.05, 4.69) is 0 Å². The summed E-state index contributed by atoms with van der Waals surface area (Å²) < 4.78 is 8.66. The fourth-order valence-electron chi connectivity index (χ4n) is 0. The van der Waals surface area contributed by atoms with E-state index in [4.69, 9.17) is 19.2 Å². The van der Waals surface area contributed by atoms with Gasteiger partial charge in [-0.25, -0.2) is 0 Å². The molecule has 0 aromatic heterocycles. The summed E-state index contributed by atoms with van der Waals surface area (Å²) in [5.74, 6) is 0. The Balaban J connectivity index is -0.0000000133. The maximum absolute atomic E-state index is 8.66. The summed E-state index contributed by atoms with van der Waals surface area (Å²) in [7, 11) is -5.14. The second kappa shape index (κ2) is 6.96. The zero-order valence-electron chi connectivity index (χ0n) is 5.53. The largest absolute Gasteiger partial charge is 2.00 e. The Morgan fingerprint density at radius 2 is 1.57 bits per heavy atom. The molecule has 0 fully saturated rings. The molecule has 0 aliphatic carbocycles. The number of phosphoric acid groups is 1. The van der Waals surface area contributed by atoms with Crippen molar-refractivity contribution < 1.29 is 22.1 Å². The monoisotopic (exact) mass is 226 g/mol. The summed E-state index contributed by atoms with van der Waals surface area (Å²) in [6.45, 7) is 0. The molecule has 1 N–H and O–H groups in total. The van der Waals surface area contributed by atoms with E-state index in [1.807, 2.05) is 0 Å². The smallest absolute Gasteiger partial charge is 1.00 e. The van der Waals surface area contributed by atoms with Crippen LogP contribution in [-0.4, -0.2) is 88.1 Å². The Hall–Kier alpha value is 2.85. The second-order valence-corrected chi connectivity index (χ2v) is 1.41. The Kier molecular flexibility index (Phi) is 16.4. The van der Waals surface area contributed by atoms with Crippen LogP contribution in [0, 0.1) is 0 Å². The van der Waals surface area contributed by atoms with Crippen LogP contribution in [0.5, 0.6) is 0 Å². The average molecular weight is 226 g/mol. The van der Waals surface area contributed by atoms with E-state index in [9.17, 15) is 0 Å². The zero-order chi connectivity index (χ0) is 4.50. The number of hydrogen-bond acceptors (Lipinski definition) is 3. The minimum absolute atomic E-state index is 0. The van der Waals surface area contributed by atoms with Gasteiger partial charge in [0.25, 0.3) is 0 Å². The fraction of sp³-hybridized carbons (Fsp3) is 0. The van der Waals surface area contributed by atoms with Crippen molar-refractivity contribution in [3.8, 4) is 0 Å². The number of hydrogen-bond donors (Lipinski definition) is 1. The van der Waals surface area contributed by atoms with Crippen molar-refractivity contribution in [1.29, 1.82) is 0 Å². The van der Waals surface area contributed by atoms with Crippen LogP contribution in [-0.2, 0) is 4.57 Å². The standard InChI is InChI=1S/Ca.H3O4P.Sr.2H/c;1-5(2,3)4;;;/h;(H3,1,2,3,4);;;/q+2;;+2;2*-1/p-2. The van der Waals surface area contributed by atoms with E-state index in [1.54, 1.807) is 0 Å². The minimum Gasteiger partial charge on any atom is -1.00 e. The Bertz CT molecular complexity index is 64.7. The van der Waals surface area contributed by atoms with Crippen LogP contribution >= 0.6 is 7.82 Å². The summed E-state index contributed by atoms with van der Waals surface area (Å²) in [6, 6.07) is 0. The SMILES string of the molecule is O=P([O-])([O-])O.[Ca+2].[H-].[H-].[Sr+2]. The van der Waals surface area contributed by atoms with E-state index < -0.39 is 7.82 Å². The molecule has 0 radical (unpaired) electrons. The summed E-state index contributed by atoms with van der Waals surface area (Å²) in [6.07, 6.45) is 0. The molecule has 0 aliphatic heterocycles. The van der Waals surface area contributed by atoms with Crippen molar-refractivity contribution in [3.05, 3.63) is 0 Å². The van der Waals surface area contributed by atoms with E-state index >= 15 is 0 Å². The Morgan fingerprint density at radius 1 is 1.57 bits per heavy atom. The van der Waals surface area contributed by atoms with Gasteiger partial charge in [-0.1, -0.05) is 0 Å². The molecule has 0 aromatic carbocycles. The quantitative estimate of drug-likeness (QED) is 0.359. The van der Waals surface area contributed by atoms with Crippen LogP contribution in [0.1, 0.15) is 2.85 Å². The van der Waals surface area contributed by atoms with Crippen LogP contribution < -0.4 is 9.79 Å². The van der Waals surface area contributed by atoms with Gasteiger partial charge in [0.1, 0.15) is 0 Å². The molecule has 0 unspecified atom stereocenters. The molecule has 0 spiro atoms. The maximum atomic E-state index is 8.66. The third-order valence-corrected chi connectivity index (χ3v) is 0. The van der Waals surface area contributed by atoms with Gasteiger partial charge in [0.05, 0.1) is 7.82 Å². The summed E-state index contributed by atoms with van der Waals surface area (Å²) in [5, 5.41) is 0. The molecule has 0 amide bonds. The first-order valence-electron chi connectivity index (χ1n) is 0.748. The van der Waals surface area contributed by atoms with E-state index in [0.717, 1.165) is 0 Å². The molecule has 0 aromatic rings. The Morgan fingerprint density at radius 3 is 1.57 bits per heavy atom. The van der Waals surface area contributed by atoms with Crippen molar-refractivity contribution in [2.75, 3.05) is 0 Å². The maximum Gasteiger partial charge on any atom is 2.00 e. The second-order valence-electron chi connectivity index (χ2n) is 0.469. The molecular weight excluding hydrogens is 223 g/mol. The van der Waals surface area contributed by atoms with Crippen LogP contribution in [0.2, 0.25) is 0 Å². The van der Waals surface area contributed by atoms with Gasteiger partial charge in [-0.2, -0.15) is 0 Å². The third-order valence-electron chi connectivity index (χ3n) is 0. The third kappa shape index (κ3) is 51.1. The van der Waals surface area contributed by atoms with Crippen LogP contribution in [0.15, 0.2) is 0 Å². The summed E-state index contributed by atoms with van der Waals surface area (Å²) in [4.78, 5) is 24.3. The summed E-state index contributed by atoms with van der Waals surface area (Å²) in [5.41, 5.74) is 0. The molecule has 36 valence electrons. The van der Waals surface area contributed by atoms with Gasteiger partial charge in [0.15, 0.2) is 0 Å². The topological polar surface area (TPSA) is 83.4 Å². The normalized spacial score (nSPS) is 8.43. The minimum atomic E-state index is -5.14. The van der Waals surface area contributed by atoms with Crippen molar-refractivity contribution in [1.82, 2.24) is 0 Å². The Labute approximate surface area is 111 Å². The van der Waals surface area contributed by atoms with E-state index in [1.165, 1.54) is 0 Å². The summed E-state index contributed by atoms with van der Waals surface area (Å²) >= 11 is 0. The van der Waals surface area contributed by atoms with E-state index in [-0.39, 0.29) is 86.1 Å². The van der Waals surface area contributed by atoms with Gasteiger partial charge in [-0.05, 0) is 0 Å². The van der Waals surface area contributed by atoms with Gasteiger partial charge in [-0.3, -0.25) is 0 Å². The molecule has 7 heavy (non-hydrogen) atoms. The fourth-order valence-corrected chi connectivity index (χ4v) is 0. The van der Waals surface area contributed by atoms with Crippen molar-refractivity contribution in [2.45, 2.75) is 0 Å². The predicted octanol–water partition coefficient (Wildman–Crippen LogP) is -2.73. The molecule has 0 atom stereocenters. The van der Waals surface area contributed by atoms with Crippen molar-refractivity contribution >= 4 is 91.0 Å². The predicted molar refractivity (Wildman–Crippen MR) is 23.6 cm³/mol. The van der Waals surface area contributed by atoms with Crippen LogP contribution in [0.3, 0.4) is 0 Å². The van der Waals surface area contributed by atoms with Crippen molar-refractivity contribution in [2.24, 2.45) is 0 Å². The van der Waals surface area contributed by atoms with Crippen LogP contribution in [0.25, 0.3) is 0 Å². The van der Waals surface area contributed by atoms with Crippen molar-refractivity contribution in [3.63, 3.8) is 0 Å². The van der Waals surface area contributed by atoms with Gasteiger partial charge in [0, 0.05) is 0 Å².